The minimum absolute atomic E-state index is 0.0241. The van der Waals surface area contributed by atoms with Gasteiger partial charge >= 0.3 is 18.1 Å². The lowest BCUT2D eigenvalue weighted by Crippen LogP contribution is -2.48. The molecular weight excluding hydrogens is 864 g/mol. The van der Waals surface area contributed by atoms with E-state index >= 15 is 0 Å². The summed E-state index contributed by atoms with van der Waals surface area (Å²) in [5.74, 6) is -8.07. The largest absolute Gasteiger partial charge is 0.490 e. The van der Waals surface area contributed by atoms with E-state index in [1.54, 1.807) is 11.1 Å². The second-order valence-corrected chi connectivity index (χ2v) is 16.6. The zero-order valence-electron chi connectivity index (χ0n) is 34.7. The molecule has 5 amide bonds. The number of carbonyl (C=O) groups is 7. The third kappa shape index (κ3) is 15.1. The number of nitrogens with two attached hydrogens (primary N) is 2. The molecule has 3 aromatic rings. The number of rotatable bonds is 18. The van der Waals surface area contributed by atoms with Gasteiger partial charge in [-0.2, -0.15) is 18.3 Å². The highest BCUT2D eigenvalue weighted by atomic mass is 32.2. The zero-order valence-corrected chi connectivity index (χ0v) is 35.5. The first-order valence-corrected chi connectivity index (χ1v) is 20.3. The number of carboxylic acids is 2. The third-order valence-corrected chi connectivity index (χ3v) is 10.6. The van der Waals surface area contributed by atoms with Crippen molar-refractivity contribution in [2.24, 2.45) is 16.9 Å². The van der Waals surface area contributed by atoms with Crippen molar-refractivity contribution in [3.05, 3.63) is 83.2 Å². The van der Waals surface area contributed by atoms with Crippen molar-refractivity contribution in [3.63, 3.8) is 0 Å². The van der Waals surface area contributed by atoms with Crippen LogP contribution in [0.4, 0.5) is 22.0 Å². The quantitative estimate of drug-likeness (QED) is 0.0610. The molecule has 0 saturated carbocycles. The maximum atomic E-state index is 15.0. The summed E-state index contributed by atoms with van der Waals surface area (Å²) in [5, 5.41) is 25.1. The molecule has 0 aliphatic carbocycles. The fourth-order valence-corrected chi connectivity index (χ4v) is 7.36. The Labute approximate surface area is 362 Å². The first-order valence-electron chi connectivity index (χ1n) is 19.2. The molecule has 2 heterocycles. The molecule has 1 aromatic heterocycles. The second kappa shape index (κ2) is 22.4. The van der Waals surface area contributed by atoms with E-state index in [2.05, 4.69) is 10.6 Å². The number of halogens is 5. The SMILES string of the molecule is CC(=O)N(CC[C@H](N)C(=O)NCCNC(=O)CN1C(=O)CC(SC[C@H](N)C(=O)O)C1=O)[C@@H](c1nn(-c2cc(F)ccc2F)cc1Cc1ccccc1)C(C)(C)C.O=C(O)C(F)(F)F. The highest BCUT2D eigenvalue weighted by molar-refractivity contribution is 8.00. The van der Waals surface area contributed by atoms with Crippen molar-refractivity contribution < 1.29 is 65.7 Å². The zero-order chi connectivity index (χ0) is 47.4. The molecule has 1 aliphatic heterocycles. The number of nitrogens with zero attached hydrogens (tertiary/aromatic N) is 4. The summed E-state index contributed by atoms with van der Waals surface area (Å²) in [6.45, 7) is 6.62. The average Bonchev–Trinajstić information content (AvgIpc) is 3.72. The highest BCUT2D eigenvalue weighted by Gasteiger charge is 2.41. The molecule has 0 radical (unpaired) electrons. The Morgan fingerprint density at radius 3 is 2.16 bits per heavy atom. The number of thioether (sulfide) groups is 1. The number of benzene rings is 2. The van der Waals surface area contributed by atoms with Gasteiger partial charge in [-0.05, 0) is 29.5 Å². The second-order valence-electron chi connectivity index (χ2n) is 15.4. The molecule has 2 aromatic carbocycles. The van der Waals surface area contributed by atoms with Crippen LogP contribution in [0.3, 0.4) is 0 Å². The van der Waals surface area contributed by atoms with Crippen molar-refractivity contribution >= 4 is 53.2 Å². The Balaban J connectivity index is 0.00000139. The Morgan fingerprint density at radius 1 is 0.968 bits per heavy atom. The van der Waals surface area contributed by atoms with Gasteiger partial charge in [0, 0.05) is 63.0 Å². The fraction of sp³-hybridized carbons (Fsp3) is 0.450. The van der Waals surface area contributed by atoms with Crippen LogP contribution in [0.2, 0.25) is 0 Å². The van der Waals surface area contributed by atoms with Crippen molar-refractivity contribution in [1.82, 2.24) is 30.2 Å². The minimum Gasteiger partial charge on any atom is -0.480 e. The molecule has 1 unspecified atom stereocenters. The molecule has 17 nitrogen and oxygen atoms in total. The van der Waals surface area contributed by atoms with E-state index in [-0.39, 0.29) is 49.8 Å². The number of amides is 5. The van der Waals surface area contributed by atoms with E-state index in [1.807, 2.05) is 51.1 Å². The number of carboxylic acid groups (broad SMARTS) is 2. The first-order chi connectivity index (χ1) is 29.3. The summed E-state index contributed by atoms with van der Waals surface area (Å²) in [6.07, 6.45) is -3.19. The van der Waals surface area contributed by atoms with Crippen LogP contribution in [0.5, 0.6) is 0 Å². The van der Waals surface area contributed by atoms with E-state index in [1.165, 1.54) is 11.6 Å². The number of carbonyl (C=O) groups excluding carboxylic acids is 5. The van der Waals surface area contributed by atoms with E-state index in [0.717, 1.165) is 40.4 Å². The number of aromatic nitrogens is 2. The van der Waals surface area contributed by atoms with Gasteiger partial charge < -0.3 is 37.2 Å². The van der Waals surface area contributed by atoms with Gasteiger partial charge in [0.25, 0.3) is 0 Å². The van der Waals surface area contributed by atoms with Gasteiger partial charge in [0.1, 0.15) is 29.9 Å². The standard InChI is InChI=1S/C38H48F2N8O7S.C2HF3O2/c1-22(49)46(15-12-27(41)35(52)44-14-13-43-31(50)20-47-32(51)18-30(36(47)53)56-21-28(42)37(54)55)34(38(2,3)4)33-24(16-23-8-6-5-7-9-23)19-48(45-33)29-17-25(39)10-11-26(29)40;3-2(4,5)1(6)7/h5-11,17,19,27-28,30,34H,12-16,18,20-21,41-42H2,1-4H3,(H,43,50)(H,44,52)(H,54,55);(H,6,7)/t27-,28-,30?,34-;/m0./s1. The number of alkyl halides is 3. The molecule has 8 N–H and O–H groups in total. The predicted octanol–water partition coefficient (Wildman–Crippen LogP) is 2.53. The van der Waals surface area contributed by atoms with Gasteiger partial charge in [0.2, 0.25) is 29.5 Å². The molecule has 0 bridgehead atoms. The molecule has 0 spiro atoms. The number of likely N-dealkylation sites (tertiary alicyclic amines) is 1. The number of hydrogen-bond acceptors (Lipinski definition) is 11. The Morgan fingerprint density at radius 2 is 1.59 bits per heavy atom. The maximum Gasteiger partial charge on any atom is 0.490 e. The number of nitrogens with one attached hydrogen (secondary N) is 2. The molecule has 4 atom stereocenters. The van der Waals surface area contributed by atoms with Crippen LogP contribution in [-0.2, 0) is 40.0 Å². The van der Waals surface area contributed by atoms with Crippen LogP contribution in [0.1, 0.15) is 63.4 Å². The topological polar surface area (TPSA) is 260 Å². The van der Waals surface area contributed by atoms with Crippen molar-refractivity contribution in [3.8, 4) is 5.69 Å². The molecule has 23 heteroatoms. The van der Waals surface area contributed by atoms with Crippen LogP contribution >= 0.6 is 11.8 Å². The first kappa shape index (κ1) is 51.4. The average molecular weight is 913 g/mol. The minimum atomic E-state index is -5.08. The Kier molecular flexibility index (Phi) is 18.3. The molecule has 1 aliphatic rings. The van der Waals surface area contributed by atoms with Crippen molar-refractivity contribution in [2.45, 2.75) is 76.5 Å². The highest BCUT2D eigenvalue weighted by Crippen LogP contribution is 2.40. The van der Waals surface area contributed by atoms with Crippen LogP contribution in [0, 0.1) is 17.0 Å². The number of hydrogen-bond donors (Lipinski definition) is 6. The summed E-state index contributed by atoms with van der Waals surface area (Å²) in [7, 11) is 0. The van der Waals surface area contributed by atoms with Gasteiger partial charge in [-0.25, -0.2) is 18.3 Å². The van der Waals surface area contributed by atoms with Gasteiger partial charge in [-0.1, -0.05) is 51.1 Å². The lowest BCUT2D eigenvalue weighted by molar-refractivity contribution is -0.192. The van der Waals surface area contributed by atoms with Crippen LogP contribution < -0.4 is 22.1 Å². The summed E-state index contributed by atoms with van der Waals surface area (Å²) in [4.78, 5) is 85.9. The predicted molar refractivity (Wildman–Crippen MR) is 218 cm³/mol. The molecule has 63 heavy (non-hydrogen) atoms. The van der Waals surface area contributed by atoms with E-state index in [0.29, 0.717) is 17.7 Å². The van der Waals surface area contributed by atoms with Gasteiger partial charge in [-0.3, -0.25) is 33.7 Å². The summed E-state index contributed by atoms with van der Waals surface area (Å²) in [6, 6.07) is 9.66. The molecule has 1 saturated heterocycles. The van der Waals surface area contributed by atoms with Crippen LogP contribution in [0.15, 0.2) is 54.7 Å². The van der Waals surface area contributed by atoms with E-state index in [4.69, 9.17) is 31.6 Å². The number of imide groups is 1. The van der Waals surface area contributed by atoms with Crippen molar-refractivity contribution in [2.75, 3.05) is 31.9 Å². The van der Waals surface area contributed by atoms with Gasteiger partial charge in [0.05, 0.1) is 23.0 Å². The smallest absolute Gasteiger partial charge is 0.480 e. The monoisotopic (exact) mass is 912 g/mol. The maximum absolute atomic E-state index is 15.0. The lowest BCUT2D eigenvalue weighted by Gasteiger charge is -2.40. The summed E-state index contributed by atoms with van der Waals surface area (Å²) in [5.41, 5.74) is 13.1. The van der Waals surface area contributed by atoms with Gasteiger partial charge in [0.15, 0.2) is 0 Å². The van der Waals surface area contributed by atoms with Crippen LogP contribution in [0.25, 0.3) is 5.69 Å². The molecule has 4 rings (SSSR count). The van der Waals surface area contributed by atoms with Crippen LogP contribution in [-0.4, -0.2) is 127 Å². The summed E-state index contributed by atoms with van der Waals surface area (Å²) >= 11 is 0.942. The van der Waals surface area contributed by atoms with Gasteiger partial charge in [-0.15, -0.1) is 11.8 Å². The Hall–Kier alpha value is -5.94. The van der Waals surface area contributed by atoms with E-state index < -0.39 is 88.7 Å². The normalized spacial score (nSPS) is 15.5. The fourth-order valence-electron chi connectivity index (χ4n) is 6.25. The molecular formula is C40H49F5N8O9S. The van der Waals surface area contributed by atoms with Crippen molar-refractivity contribution in [1.29, 1.82) is 0 Å². The number of aliphatic carboxylic acids is 2. The molecule has 344 valence electrons. The molecule has 1 fully saturated rings. The Bertz CT molecular complexity index is 2140. The lowest BCUT2D eigenvalue weighted by atomic mass is 9.81. The third-order valence-electron chi connectivity index (χ3n) is 9.32. The summed E-state index contributed by atoms with van der Waals surface area (Å²) < 4.78 is 62.2. The van der Waals surface area contributed by atoms with E-state index in [9.17, 15) is 50.7 Å².